The van der Waals surface area contributed by atoms with E-state index in [2.05, 4.69) is 14.9 Å². The lowest BCUT2D eigenvalue weighted by Crippen LogP contribution is -2.36. The van der Waals surface area contributed by atoms with E-state index in [9.17, 15) is 0 Å². The maximum absolute atomic E-state index is 6.00. The largest absolute Gasteiger partial charge is 0.369 e. The monoisotopic (exact) mass is 241 g/mol. The summed E-state index contributed by atoms with van der Waals surface area (Å²) in [4.78, 5) is 10.6. The summed E-state index contributed by atoms with van der Waals surface area (Å²) in [5.74, 6) is 0.562. The summed E-state index contributed by atoms with van der Waals surface area (Å²) in [6.07, 6.45) is 3.67. The lowest BCUT2D eigenvalue weighted by Gasteiger charge is -2.26. The Hall–Kier alpha value is -2.30. The first-order chi connectivity index (χ1) is 8.77. The lowest BCUT2D eigenvalue weighted by molar-refractivity contribution is 0.689. The van der Waals surface area contributed by atoms with Crippen LogP contribution in [0.4, 0.5) is 5.69 Å². The van der Waals surface area contributed by atoms with E-state index in [4.69, 9.17) is 5.73 Å². The predicted octanol–water partition coefficient (Wildman–Crippen LogP) is 1.30. The van der Waals surface area contributed by atoms with E-state index in [1.807, 2.05) is 48.1 Å². The fourth-order valence-corrected chi connectivity index (χ4v) is 2.31. The van der Waals surface area contributed by atoms with Gasteiger partial charge < -0.3 is 15.2 Å². The number of hydrogen-bond acceptors (Lipinski definition) is 4. The molecule has 0 fully saturated rings. The molecule has 18 heavy (non-hydrogen) atoms. The van der Waals surface area contributed by atoms with Crippen LogP contribution in [0.2, 0.25) is 0 Å². The summed E-state index contributed by atoms with van der Waals surface area (Å²) in [7, 11) is 1.99. The second kappa shape index (κ2) is 4.18. The average molecular weight is 241 g/mol. The molecule has 5 nitrogen and oxygen atoms in total. The Labute approximate surface area is 106 Å². The van der Waals surface area contributed by atoms with Crippen molar-refractivity contribution >= 4 is 11.6 Å². The fourth-order valence-electron chi connectivity index (χ4n) is 2.31. The molecule has 1 atom stereocenters. The SMILES string of the molecule is Cn1cncc1C1CN=C(N)N1c1ccccc1. The molecule has 2 aromatic rings. The molecule has 0 amide bonds. The van der Waals surface area contributed by atoms with Gasteiger partial charge in [0.15, 0.2) is 5.96 Å². The molecule has 1 aromatic carbocycles. The molecule has 0 bridgehead atoms. The summed E-state index contributed by atoms with van der Waals surface area (Å²) in [5.41, 5.74) is 8.18. The zero-order valence-electron chi connectivity index (χ0n) is 10.2. The maximum atomic E-state index is 6.00. The normalized spacial score (nSPS) is 19.1. The van der Waals surface area contributed by atoms with Gasteiger partial charge in [0.1, 0.15) is 0 Å². The first-order valence-corrected chi connectivity index (χ1v) is 5.88. The molecular formula is C13H15N5. The van der Waals surface area contributed by atoms with Gasteiger partial charge in [0, 0.05) is 12.7 Å². The van der Waals surface area contributed by atoms with Gasteiger partial charge in [-0.25, -0.2) is 4.98 Å². The molecule has 0 saturated heterocycles. The minimum Gasteiger partial charge on any atom is -0.369 e. The third-order valence-electron chi connectivity index (χ3n) is 3.21. The van der Waals surface area contributed by atoms with Gasteiger partial charge in [-0.2, -0.15) is 0 Å². The summed E-state index contributed by atoms with van der Waals surface area (Å²) in [6, 6.07) is 10.2. The van der Waals surface area contributed by atoms with Crippen LogP contribution < -0.4 is 10.6 Å². The molecule has 0 spiro atoms. The number of rotatable bonds is 2. The number of aliphatic imine (C=N–C) groups is 1. The van der Waals surface area contributed by atoms with Crippen LogP contribution in [-0.2, 0) is 7.05 Å². The number of aromatic nitrogens is 2. The number of imidazole rings is 1. The summed E-state index contributed by atoms with van der Waals surface area (Å²) < 4.78 is 2.01. The first-order valence-electron chi connectivity index (χ1n) is 5.88. The molecule has 0 aliphatic carbocycles. The summed E-state index contributed by atoms with van der Waals surface area (Å²) in [5, 5.41) is 0. The van der Waals surface area contributed by atoms with E-state index in [0.29, 0.717) is 12.5 Å². The van der Waals surface area contributed by atoms with E-state index in [1.54, 1.807) is 6.33 Å². The van der Waals surface area contributed by atoms with Crippen molar-refractivity contribution in [1.82, 2.24) is 9.55 Å². The van der Waals surface area contributed by atoms with Crippen LogP contribution in [0, 0.1) is 0 Å². The molecule has 2 N–H and O–H groups in total. The highest BCUT2D eigenvalue weighted by molar-refractivity contribution is 5.97. The Morgan fingerprint density at radius 1 is 1.28 bits per heavy atom. The van der Waals surface area contributed by atoms with Gasteiger partial charge in [-0.15, -0.1) is 0 Å². The molecule has 0 radical (unpaired) electrons. The smallest absolute Gasteiger partial charge is 0.196 e. The third-order valence-corrected chi connectivity index (χ3v) is 3.21. The van der Waals surface area contributed by atoms with Crippen molar-refractivity contribution in [2.24, 2.45) is 17.8 Å². The first kappa shape index (κ1) is 10.8. The molecular weight excluding hydrogens is 226 g/mol. The minimum atomic E-state index is 0.125. The highest BCUT2D eigenvalue weighted by Gasteiger charge is 2.30. The number of guanidine groups is 1. The van der Waals surface area contributed by atoms with Gasteiger partial charge in [0.05, 0.1) is 30.8 Å². The Bertz CT molecular complexity index is 572. The van der Waals surface area contributed by atoms with E-state index in [-0.39, 0.29) is 6.04 Å². The van der Waals surface area contributed by atoms with Crippen LogP contribution in [0.15, 0.2) is 47.8 Å². The van der Waals surface area contributed by atoms with Crippen molar-refractivity contribution in [3.8, 4) is 0 Å². The second-order valence-electron chi connectivity index (χ2n) is 4.35. The Morgan fingerprint density at radius 2 is 2.06 bits per heavy atom. The molecule has 1 aliphatic rings. The van der Waals surface area contributed by atoms with Crippen LogP contribution in [0.25, 0.3) is 0 Å². The predicted molar refractivity (Wildman–Crippen MR) is 71.4 cm³/mol. The summed E-state index contributed by atoms with van der Waals surface area (Å²) in [6.45, 7) is 0.667. The van der Waals surface area contributed by atoms with Gasteiger partial charge in [0.25, 0.3) is 0 Å². The Kier molecular flexibility index (Phi) is 2.51. The second-order valence-corrected chi connectivity index (χ2v) is 4.35. The highest BCUT2D eigenvalue weighted by atomic mass is 15.3. The van der Waals surface area contributed by atoms with Gasteiger partial charge in [-0.05, 0) is 12.1 Å². The summed E-state index contributed by atoms with van der Waals surface area (Å²) >= 11 is 0. The molecule has 3 rings (SSSR count). The van der Waals surface area contributed by atoms with Crippen molar-refractivity contribution in [1.29, 1.82) is 0 Å². The number of nitrogens with zero attached hydrogens (tertiary/aromatic N) is 4. The van der Waals surface area contributed by atoms with Crippen molar-refractivity contribution in [2.75, 3.05) is 11.4 Å². The standard InChI is InChI=1S/C13H15N5/c1-17-9-15-7-11(17)12-8-16-13(14)18(12)10-5-3-2-4-6-10/h2-7,9,12H,8H2,1H3,(H2,14,16). The molecule has 1 unspecified atom stereocenters. The molecule has 1 aromatic heterocycles. The number of hydrogen-bond donors (Lipinski definition) is 1. The van der Waals surface area contributed by atoms with Crippen LogP contribution in [0.1, 0.15) is 11.7 Å². The Balaban J connectivity index is 2.00. The zero-order chi connectivity index (χ0) is 12.5. The quantitative estimate of drug-likeness (QED) is 0.862. The van der Waals surface area contributed by atoms with Crippen molar-refractivity contribution < 1.29 is 0 Å². The minimum absolute atomic E-state index is 0.125. The van der Waals surface area contributed by atoms with E-state index in [0.717, 1.165) is 11.4 Å². The van der Waals surface area contributed by atoms with Crippen molar-refractivity contribution in [3.63, 3.8) is 0 Å². The van der Waals surface area contributed by atoms with E-state index in [1.165, 1.54) is 0 Å². The average Bonchev–Trinajstić information content (AvgIpc) is 2.96. The topological polar surface area (TPSA) is 59.4 Å². The molecule has 92 valence electrons. The van der Waals surface area contributed by atoms with Gasteiger partial charge in [-0.3, -0.25) is 4.99 Å². The fraction of sp³-hybridized carbons (Fsp3) is 0.231. The van der Waals surface area contributed by atoms with Gasteiger partial charge >= 0.3 is 0 Å². The molecule has 5 heteroatoms. The third kappa shape index (κ3) is 1.64. The van der Waals surface area contributed by atoms with E-state index >= 15 is 0 Å². The number of anilines is 1. The molecule has 1 aliphatic heterocycles. The van der Waals surface area contributed by atoms with E-state index < -0.39 is 0 Å². The number of benzene rings is 1. The van der Waals surface area contributed by atoms with Crippen LogP contribution in [0.5, 0.6) is 0 Å². The molecule has 2 heterocycles. The van der Waals surface area contributed by atoms with Crippen LogP contribution in [-0.4, -0.2) is 22.1 Å². The van der Waals surface area contributed by atoms with Crippen LogP contribution in [0.3, 0.4) is 0 Å². The van der Waals surface area contributed by atoms with Gasteiger partial charge in [0.2, 0.25) is 0 Å². The zero-order valence-corrected chi connectivity index (χ0v) is 10.2. The Morgan fingerprint density at radius 3 is 2.72 bits per heavy atom. The van der Waals surface area contributed by atoms with Crippen LogP contribution >= 0.6 is 0 Å². The lowest BCUT2D eigenvalue weighted by atomic mass is 10.1. The molecule has 0 saturated carbocycles. The number of nitrogens with two attached hydrogens (primary N) is 1. The van der Waals surface area contributed by atoms with Gasteiger partial charge in [-0.1, -0.05) is 18.2 Å². The van der Waals surface area contributed by atoms with Crippen molar-refractivity contribution in [2.45, 2.75) is 6.04 Å². The highest BCUT2D eigenvalue weighted by Crippen LogP contribution is 2.30. The van der Waals surface area contributed by atoms with Crippen molar-refractivity contribution in [3.05, 3.63) is 48.5 Å². The maximum Gasteiger partial charge on any atom is 0.196 e. The number of aryl methyl sites for hydroxylation is 1. The number of para-hydroxylation sites is 1.